The van der Waals surface area contributed by atoms with E-state index in [4.69, 9.17) is 4.74 Å². The molecule has 5 heteroatoms. The Morgan fingerprint density at radius 1 is 1.35 bits per heavy atom. The van der Waals surface area contributed by atoms with E-state index >= 15 is 0 Å². The number of ether oxygens (including phenoxy) is 1. The molecule has 1 aliphatic rings. The molecule has 0 heterocycles. The van der Waals surface area contributed by atoms with Crippen LogP contribution in [-0.4, -0.2) is 17.6 Å². The number of carbonyl (C=O) groups excluding carboxylic acids is 1. The second-order valence-corrected chi connectivity index (χ2v) is 5.17. The summed E-state index contributed by atoms with van der Waals surface area (Å²) in [5.41, 5.74) is -0.0710. The van der Waals surface area contributed by atoms with Crippen molar-refractivity contribution in [1.29, 1.82) is 0 Å². The van der Waals surface area contributed by atoms with Crippen molar-refractivity contribution in [3.63, 3.8) is 0 Å². The fourth-order valence-corrected chi connectivity index (χ4v) is 2.47. The molecule has 0 aliphatic heterocycles. The lowest BCUT2D eigenvalue weighted by Gasteiger charge is -2.46. The topological polar surface area (TPSA) is 38.3 Å². The number of nitrogens with one attached hydrogen (secondary N) is 1. The van der Waals surface area contributed by atoms with E-state index in [1.807, 2.05) is 30.3 Å². The van der Waals surface area contributed by atoms with Crippen molar-refractivity contribution < 1.29 is 18.3 Å². The predicted octanol–water partition coefficient (Wildman–Crippen LogP) is 3.66. The van der Waals surface area contributed by atoms with E-state index in [0.29, 0.717) is 6.42 Å². The van der Waals surface area contributed by atoms with Crippen molar-refractivity contribution >= 4 is 6.09 Å². The van der Waals surface area contributed by atoms with Gasteiger partial charge in [-0.2, -0.15) is 0 Å². The first-order chi connectivity index (χ1) is 9.45. The smallest absolute Gasteiger partial charge is 0.407 e. The lowest BCUT2D eigenvalue weighted by Crippen LogP contribution is -2.62. The van der Waals surface area contributed by atoms with Crippen molar-refractivity contribution in [2.45, 2.75) is 37.3 Å². The first kappa shape index (κ1) is 14.5. The third kappa shape index (κ3) is 3.56. The normalized spacial score (nSPS) is 18.7. The largest absolute Gasteiger partial charge is 0.445 e. The van der Waals surface area contributed by atoms with Crippen LogP contribution < -0.4 is 5.32 Å². The van der Waals surface area contributed by atoms with Crippen LogP contribution in [0.3, 0.4) is 0 Å². The van der Waals surface area contributed by atoms with Gasteiger partial charge in [0.05, 0.1) is 5.54 Å². The molecule has 1 aromatic rings. The zero-order valence-electron chi connectivity index (χ0n) is 11.1. The highest BCUT2D eigenvalue weighted by atomic mass is 19.3. The van der Waals surface area contributed by atoms with E-state index < -0.39 is 17.6 Å². The fraction of sp³-hybridized carbons (Fsp3) is 0.400. The Labute approximate surface area is 116 Å². The van der Waals surface area contributed by atoms with Gasteiger partial charge in [0.1, 0.15) is 6.61 Å². The van der Waals surface area contributed by atoms with Gasteiger partial charge < -0.3 is 10.1 Å². The van der Waals surface area contributed by atoms with Gasteiger partial charge in [-0.15, -0.1) is 6.58 Å². The Hall–Kier alpha value is -1.91. The molecule has 1 N–H and O–H groups in total. The molecule has 0 spiro atoms. The summed E-state index contributed by atoms with van der Waals surface area (Å²) < 4.78 is 31.1. The third-order valence-corrected chi connectivity index (χ3v) is 3.31. The van der Waals surface area contributed by atoms with Gasteiger partial charge in [-0.25, -0.2) is 13.6 Å². The highest BCUT2D eigenvalue weighted by molar-refractivity contribution is 5.68. The number of halogens is 2. The highest BCUT2D eigenvalue weighted by Gasteiger charge is 2.56. The van der Waals surface area contributed by atoms with Crippen molar-refractivity contribution in [3.05, 3.63) is 48.6 Å². The first-order valence-corrected chi connectivity index (χ1v) is 6.42. The molecular weight excluding hydrogens is 264 g/mol. The number of carbonyl (C=O) groups is 1. The Balaban J connectivity index is 1.85. The van der Waals surface area contributed by atoms with Crippen LogP contribution in [0.2, 0.25) is 0 Å². The molecular formula is C15H17F2NO2. The number of benzene rings is 1. The number of hydrogen-bond donors (Lipinski definition) is 1. The van der Waals surface area contributed by atoms with Crippen molar-refractivity contribution in [2.24, 2.45) is 0 Å². The molecule has 1 saturated carbocycles. The SMILES string of the molecule is C=CCC1(NC(=O)OCc2ccccc2)CC(F)(F)C1. The first-order valence-electron chi connectivity index (χ1n) is 6.42. The summed E-state index contributed by atoms with van der Waals surface area (Å²) in [5, 5.41) is 2.54. The molecule has 20 heavy (non-hydrogen) atoms. The number of amides is 1. The summed E-state index contributed by atoms with van der Waals surface area (Å²) in [4.78, 5) is 11.7. The molecule has 3 nitrogen and oxygen atoms in total. The monoisotopic (exact) mass is 281 g/mol. The molecule has 0 bridgehead atoms. The summed E-state index contributed by atoms with van der Waals surface area (Å²) in [7, 11) is 0. The van der Waals surface area contributed by atoms with E-state index in [-0.39, 0.29) is 19.4 Å². The van der Waals surface area contributed by atoms with Crippen molar-refractivity contribution in [1.82, 2.24) is 5.32 Å². The van der Waals surface area contributed by atoms with Crippen LogP contribution in [0.4, 0.5) is 13.6 Å². The zero-order chi connectivity index (χ0) is 14.6. The maximum Gasteiger partial charge on any atom is 0.407 e. The minimum absolute atomic E-state index is 0.118. The van der Waals surface area contributed by atoms with Crippen molar-refractivity contribution in [3.8, 4) is 0 Å². The van der Waals surface area contributed by atoms with Gasteiger partial charge in [0, 0.05) is 12.8 Å². The van der Waals surface area contributed by atoms with Gasteiger partial charge in [0.25, 0.3) is 5.92 Å². The van der Waals surface area contributed by atoms with E-state index in [9.17, 15) is 13.6 Å². The van der Waals surface area contributed by atoms with Crippen LogP contribution in [-0.2, 0) is 11.3 Å². The summed E-state index contributed by atoms with van der Waals surface area (Å²) in [6.07, 6.45) is 0.431. The van der Waals surface area contributed by atoms with Gasteiger partial charge in [-0.05, 0) is 12.0 Å². The van der Waals surface area contributed by atoms with Crippen LogP contribution in [0.5, 0.6) is 0 Å². The van der Waals surface area contributed by atoms with E-state index in [2.05, 4.69) is 11.9 Å². The standard InChI is InChI=1S/C15H17F2NO2/c1-2-8-14(10-15(16,17)11-14)18-13(19)20-9-12-6-4-3-5-7-12/h2-7H,1,8-11H2,(H,18,19). The summed E-state index contributed by atoms with van der Waals surface area (Å²) in [6, 6.07) is 9.18. The molecule has 2 rings (SSSR count). The second kappa shape index (κ2) is 5.61. The molecule has 1 aliphatic carbocycles. The van der Waals surface area contributed by atoms with Gasteiger partial charge >= 0.3 is 6.09 Å². The lowest BCUT2D eigenvalue weighted by atomic mass is 9.71. The fourth-order valence-electron chi connectivity index (χ4n) is 2.47. The molecule has 0 unspecified atom stereocenters. The van der Waals surface area contributed by atoms with Gasteiger partial charge in [0.2, 0.25) is 0 Å². The van der Waals surface area contributed by atoms with Gasteiger partial charge in [-0.1, -0.05) is 36.4 Å². The maximum absolute atomic E-state index is 13.0. The molecule has 0 radical (unpaired) electrons. The summed E-state index contributed by atoms with van der Waals surface area (Å²) in [6.45, 7) is 3.66. The Kier molecular flexibility index (Phi) is 4.06. The predicted molar refractivity (Wildman–Crippen MR) is 71.5 cm³/mol. The Morgan fingerprint density at radius 2 is 2.00 bits per heavy atom. The van der Waals surface area contributed by atoms with Crippen LogP contribution in [0, 0.1) is 0 Å². The number of alkyl carbamates (subject to hydrolysis) is 1. The third-order valence-electron chi connectivity index (χ3n) is 3.31. The van der Waals surface area contributed by atoms with Crippen LogP contribution in [0.1, 0.15) is 24.8 Å². The Morgan fingerprint density at radius 3 is 2.55 bits per heavy atom. The number of rotatable bonds is 5. The number of alkyl halides is 2. The maximum atomic E-state index is 13.0. The lowest BCUT2D eigenvalue weighted by molar-refractivity contribution is -0.130. The average molecular weight is 281 g/mol. The summed E-state index contributed by atoms with van der Waals surface area (Å²) in [5.74, 6) is -2.71. The second-order valence-electron chi connectivity index (χ2n) is 5.17. The Bertz CT molecular complexity index is 480. The van der Waals surface area contributed by atoms with Gasteiger partial charge in [0.15, 0.2) is 0 Å². The molecule has 0 aromatic heterocycles. The van der Waals surface area contributed by atoms with Crippen molar-refractivity contribution in [2.75, 3.05) is 0 Å². The molecule has 0 saturated heterocycles. The molecule has 0 atom stereocenters. The quantitative estimate of drug-likeness (QED) is 0.836. The molecule has 1 amide bonds. The molecule has 1 aromatic carbocycles. The average Bonchev–Trinajstić information content (AvgIpc) is 2.35. The minimum Gasteiger partial charge on any atom is -0.445 e. The minimum atomic E-state index is -2.71. The zero-order valence-corrected chi connectivity index (χ0v) is 11.1. The van der Waals surface area contributed by atoms with E-state index in [1.165, 1.54) is 6.08 Å². The highest BCUT2D eigenvalue weighted by Crippen LogP contribution is 2.47. The summed E-state index contributed by atoms with van der Waals surface area (Å²) >= 11 is 0. The van der Waals surface area contributed by atoms with Crippen LogP contribution in [0.25, 0.3) is 0 Å². The van der Waals surface area contributed by atoms with Crippen LogP contribution >= 0.6 is 0 Å². The van der Waals surface area contributed by atoms with E-state index in [1.54, 1.807) is 0 Å². The van der Waals surface area contributed by atoms with Crippen LogP contribution in [0.15, 0.2) is 43.0 Å². The molecule has 108 valence electrons. The van der Waals surface area contributed by atoms with Gasteiger partial charge in [-0.3, -0.25) is 0 Å². The van der Waals surface area contributed by atoms with E-state index in [0.717, 1.165) is 5.56 Å². The molecule has 1 fully saturated rings. The number of hydrogen-bond acceptors (Lipinski definition) is 2.